The van der Waals surface area contributed by atoms with Crippen LogP contribution in [0.25, 0.3) is 0 Å². The smallest absolute Gasteiger partial charge is 0.258 e. The molecule has 0 fully saturated rings. The molecular weight excluding hydrogens is 318 g/mol. The van der Waals surface area contributed by atoms with Crippen LogP contribution in [-0.4, -0.2) is 4.92 Å². The Labute approximate surface area is 118 Å². The lowest BCUT2D eigenvalue weighted by atomic mass is 10.0. The average Bonchev–Trinajstić information content (AvgIpc) is 2.34. The maximum atomic E-state index is 10.9. The monoisotopic (exact) mass is 325 g/mol. The van der Waals surface area contributed by atoms with Gasteiger partial charge in [0.05, 0.1) is 4.92 Å². The molecule has 0 unspecified atom stereocenters. The van der Waals surface area contributed by atoms with Crippen LogP contribution in [0.15, 0.2) is 46.9 Å². The molecule has 3 nitrogen and oxygen atoms in total. The van der Waals surface area contributed by atoms with Gasteiger partial charge >= 0.3 is 5.69 Å². The highest BCUT2D eigenvalue weighted by atomic mass is 79.9. The summed E-state index contributed by atoms with van der Waals surface area (Å²) >= 11 is 9.09. The van der Waals surface area contributed by atoms with E-state index in [1.165, 1.54) is 0 Å². The Morgan fingerprint density at radius 1 is 1.17 bits per heavy atom. The zero-order chi connectivity index (χ0) is 13.1. The van der Waals surface area contributed by atoms with E-state index >= 15 is 0 Å². The lowest BCUT2D eigenvalue weighted by Crippen LogP contribution is -1.96. The van der Waals surface area contributed by atoms with Gasteiger partial charge in [-0.25, -0.2) is 0 Å². The van der Waals surface area contributed by atoms with Crippen molar-refractivity contribution in [3.05, 3.63) is 73.2 Å². The lowest BCUT2D eigenvalue weighted by molar-refractivity contribution is -0.385. The largest absolute Gasteiger partial charge is 0.302 e. The Hall–Kier alpha value is -1.39. The molecule has 0 aliphatic heterocycles. The zero-order valence-corrected chi connectivity index (χ0v) is 11.6. The van der Waals surface area contributed by atoms with Crippen LogP contribution in [-0.2, 0) is 6.42 Å². The lowest BCUT2D eigenvalue weighted by Gasteiger charge is -2.06. The van der Waals surface area contributed by atoms with Crippen molar-refractivity contribution in [1.29, 1.82) is 0 Å². The van der Waals surface area contributed by atoms with Crippen molar-refractivity contribution in [2.45, 2.75) is 6.42 Å². The van der Waals surface area contributed by atoms with Gasteiger partial charge in [0.15, 0.2) is 0 Å². The number of nitro benzene ring substituents is 1. The zero-order valence-electron chi connectivity index (χ0n) is 9.27. The van der Waals surface area contributed by atoms with E-state index < -0.39 is 4.92 Å². The Morgan fingerprint density at radius 3 is 2.44 bits per heavy atom. The highest BCUT2D eigenvalue weighted by Crippen LogP contribution is 2.36. The minimum atomic E-state index is -0.471. The van der Waals surface area contributed by atoms with Gasteiger partial charge in [-0.3, -0.25) is 10.1 Å². The third-order valence-corrected chi connectivity index (χ3v) is 3.76. The summed E-state index contributed by atoms with van der Waals surface area (Å²) in [7, 11) is 0. The molecule has 0 spiro atoms. The van der Waals surface area contributed by atoms with Crippen molar-refractivity contribution in [1.82, 2.24) is 0 Å². The normalized spacial score (nSPS) is 10.3. The summed E-state index contributed by atoms with van der Waals surface area (Å²) in [4.78, 5) is 10.5. The summed E-state index contributed by atoms with van der Waals surface area (Å²) in [5, 5.41) is 11.1. The van der Waals surface area contributed by atoms with Gasteiger partial charge in [-0.2, -0.15) is 0 Å². The number of nitro groups is 1. The van der Waals surface area contributed by atoms with E-state index in [-0.39, 0.29) is 10.7 Å². The molecule has 0 radical (unpaired) electrons. The first-order chi connectivity index (χ1) is 8.59. The molecular formula is C13H9BrClNO2. The molecule has 2 aromatic rings. The van der Waals surface area contributed by atoms with Crippen molar-refractivity contribution in [3.8, 4) is 0 Å². The van der Waals surface area contributed by atoms with Gasteiger partial charge in [0.1, 0.15) is 9.50 Å². The van der Waals surface area contributed by atoms with E-state index in [0.717, 1.165) is 11.1 Å². The number of benzene rings is 2. The van der Waals surface area contributed by atoms with E-state index in [4.69, 9.17) is 11.6 Å². The third kappa shape index (κ3) is 2.71. The van der Waals surface area contributed by atoms with Crippen molar-refractivity contribution in [3.63, 3.8) is 0 Å². The first-order valence-corrected chi connectivity index (χ1v) is 6.42. The molecule has 0 aliphatic carbocycles. The Balaban J connectivity index is 2.41. The number of hydrogen-bond acceptors (Lipinski definition) is 2. The van der Waals surface area contributed by atoms with Crippen LogP contribution in [0.1, 0.15) is 11.1 Å². The highest BCUT2D eigenvalue weighted by Gasteiger charge is 2.20. The molecule has 2 rings (SSSR count). The van der Waals surface area contributed by atoms with Crippen LogP contribution in [0.5, 0.6) is 0 Å². The van der Waals surface area contributed by atoms with Crippen molar-refractivity contribution in [2.75, 3.05) is 0 Å². The summed E-state index contributed by atoms with van der Waals surface area (Å²) < 4.78 is 0.448. The van der Waals surface area contributed by atoms with Gasteiger partial charge in [-0.15, -0.1) is 0 Å². The number of nitrogens with zero attached hydrogens (tertiary/aromatic N) is 1. The van der Waals surface area contributed by atoms with Gasteiger partial charge in [0.25, 0.3) is 0 Å². The highest BCUT2D eigenvalue weighted by molar-refractivity contribution is 9.10. The fourth-order valence-electron chi connectivity index (χ4n) is 1.70. The molecule has 0 amide bonds. The van der Waals surface area contributed by atoms with E-state index in [0.29, 0.717) is 10.9 Å². The molecule has 0 aliphatic rings. The van der Waals surface area contributed by atoms with Crippen LogP contribution in [0.4, 0.5) is 5.69 Å². The fourth-order valence-corrected chi connectivity index (χ4v) is 2.67. The summed E-state index contributed by atoms with van der Waals surface area (Å²) in [5.41, 5.74) is 1.86. The topological polar surface area (TPSA) is 43.1 Å². The second-order valence-electron chi connectivity index (χ2n) is 3.79. The van der Waals surface area contributed by atoms with E-state index in [1.54, 1.807) is 12.1 Å². The van der Waals surface area contributed by atoms with Crippen LogP contribution in [0.3, 0.4) is 0 Å². The van der Waals surface area contributed by atoms with Crippen molar-refractivity contribution < 1.29 is 4.92 Å². The summed E-state index contributed by atoms with van der Waals surface area (Å²) in [6.45, 7) is 0. The van der Waals surface area contributed by atoms with Crippen LogP contribution >= 0.6 is 27.5 Å². The minimum absolute atomic E-state index is 0.0786. The van der Waals surface area contributed by atoms with Crippen LogP contribution in [0.2, 0.25) is 5.02 Å². The Morgan fingerprint density at radius 2 is 1.83 bits per heavy atom. The second kappa shape index (κ2) is 5.50. The molecule has 0 bridgehead atoms. The van der Waals surface area contributed by atoms with Crippen molar-refractivity contribution >= 4 is 33.2 Å². The summed E-state index contributed by atoms with van der Waals surface area (Å²) in [5.74, 6) is 0. The van der Waals surface area contributed by atoms with E-state index in [9.17, 15) is 10.1 Å². The Bertz CT molecular complexity index is 587. The standard InChI is InChI=1S/C13H9BrClNO2/c14-12-10(8-9-4-2-1-3-5-9)6-7-11(15)13(12)16(17)18/h1-7H,8H2. The first kappa shape index (κ1) is 13.1. The van der Waals surface area contributed by atoms with Crippen LogP contribution < -0.4 is 0 Å². The van der Waals surface area contributed by atoms with E-state index in [1.807, 2.05) is 30.3 Å². The molecule has 0 saturated carbocycles. The molecule has 18 heavy (non-hydrogen) atoms. The molecule has 0 aromatic heterocycles. The summed E-state index contributed by atoms with van der Waals surface area (Å²) in [6, 6.07) is 13.1. The number of rotatable bonds is 3. The summed E-state index contributed by atoms with van der Waals surface area (Å²) in [6.07, 6.45) is 0.624. The van der Waals surface area contributed by atoms with Crippen molar-refractivity contribution in [2.24, 2.45) is 0 Å². The predicted molar refractivity (Wildman–Crippen MR) is 75.1 cm³/mol. The molecule has 5 heteroatoms. The van der Waals surface area contributed by atoms with Crippen LogP contribution in [0, 0.1) is 10.1 Å². The Kier molecular flexibility index (Phi) is 3.99. The quantitative estimate of drug-likeness (QED) is 0.611. The van der Waals surface area contributed by atoms with Gasteiger partial charge in [-0.1, -0.05) is 48.0 Å². The van der Waals surface area contributed by atoms with Gasteiger partial charge in [0.2, 0.25) is 0 Å². The maximum absolute atomic E-state index is 10.9. The number of halogens is 2. The molecule has 0 N–H and O–H groups in total. The maximum Gasteiger partial charge on any atom is 0.302 e. The molecule has 0 heterocycles. The molecule has 0 atom stereocenters. The minimum Gasteiger partial charge on any atom is -0.258 e. The van der Waals surface area contributed by atoms with Gasteiger partial charge in [-0.05, 0) is 39.5 Å². The third-order valence-electron chi connectivity index (χ3n) is 2.57. The van der Waals surface area contributed by atoms with Gasteiger partial charge < -0.3 is 0 Å². The SMILES string of the molecule is O=[N+]([O-])c1c(Cl)ccc(Cc2ccccc2)c1Br. The molecule has 0 saturated heterocycles. The number of hydrogen-bond donors (Lipinski definition) is 0. The molecule has 92 valence electrons. The predicted octanol–water partition coefficient (Wildman–Crippen LogP) is 4.60. The van der Waals surface area contributed by atoms with E-state index in [2.05, 4.69) is 15.9 Å². The first-order valence-electron chi connectivity index (χ1n) is 5.25. The average molecular weight is 327 g/mol. The molecule has 2 aromatic carbocycles. The second-order valence-corrected chi connectivity index (χ2v) is 4.99. The fraction of sp³-hybridized carbons (Fsp3) is 0.0769. The van der Waals surface area contributed by atoms with Gasteiger partial charge in [0, 0.05) is 0 Å².